The largest absolute Gasteiger partial charge is 0.497 e. The number of aliphatic hydroxyl groups is 1. The van der Waals surface area contributed by atoms with Crippen LogP contribution in [0.3, 0.4) is 0 Å². The molecule has 1 fully saturated rings. The summed E-state index contributed by atoms with van der Waals surface area (Å²) in [5, 5.41) is 15.6. The monoisotopic (exact) mass is 278 g/mol. The van der Waals surface area contributed by atoms with Crippen molar-refractivity contribution in [3.8, 4) is 5.75 Å². The maximum Gasteiger partial charge on any atom is 0.319 e. The van der Waals surface area contributed by atoms with E-state index in [0.717, 1.165) is 37.9 Å². The molecule has 20 heavy (non-hydrogen) atoms. The first-order chi connectivity index (χ1) is 9.69. The number of carbonyl (C=O) groups excluding carboxylic acids is 1. The molecule has 0 aromatic heterocycles. The average Bonchev–Trinajstić information content (AvgIpc) is 2.65. The molecule has 0 aliphatic heterocycles. The zero-order valence-corrected chi connectivity index (χ0v) is 11.8. The quantitative estimate of drug-likeness (QED) is 0.744. The normalized spacial score (nSPS) is 22.7. The van der Waals surface area contributed by atoms with Gasteiger partial charge >= 0.3 is 6.03 Å². The summed E-state index contributed by atoms with van der Waals surface area (Å²) in [6.45, 7) is 0. The minimum atomic E-state index is -0.445. The Balaban J connectivity index is 1.87. The molecule has 2 rings (SSSR count). The van der Waals surface area contributed by atoms with Crippen LogP contribution >= 0.6 is 0 Å². The number of ether oxygens (including phenoxy) is 1. The molecule has 0 heterocycles. The second kappa shape index (κ2) is 7.14. The Kier molecular flexibility index (Phi) is 5.24. The molecule has 5 heteroatoms. The summed E-state index contributed by atoms with van der Waals surface area (Å²) in [7, 11) is 1.60. The molecule has 1 saturated carbocycles. The van der Waals surface area contributed by atoms with Gasteiger partial charge in [0.1, 0.15) is 5.75 Å². The van der Waals surface area contributed by atoms with Crippen LogP contribution in [0.15, 0.2) is 24.3 Å². The van der Waals surface area contributed by atoms with Crippen LogP contribution in [0.2, 0.25) is 0 Å². The van der Waals surface area contributed by atoms with E-state index in [4.69, 9.17) is 4.74 Å². The number of benzene rings is 1. The molecule has 2 unspecified atom stereocenters. The predicted molar refractivity (Wildman–Crippen MR) is 78.0 cm³/mol. The molecule has 5 nitrogen and oxygen atoms in total. The van der Waals surface area contributed by atoms with Crippen molar-refractivity contribution < 1.29 is 14.6 Å². The minimum Gasteiger partial charge on any atom is -0.497 e. The van der Waals surface area contributed by atoms with Crippen molar-refractivity contribution in [3.05, 3.63) is 24.3 Å². The number of urea groups is 1. The van der Waals surface area contributed by atoms with Gasteiger partial charge in [0, 0.05) is 5.69 Å². The fraction of sp³-hybridized carbons (Fsp3) is 0.533. The molecule has 1 aliphatic rings. The SMILES string of the molecule is COc1ccc(NC(=O)NC2CCCCCC2O)cc1. The second-order valence-electron chi connectivity index (χ2n) is 5.14. The molecule has 0 saturated heterocycles. The van der Waals surface area contributed by atoms with Crippen molar-refractivity contribution in [1.29, 1.82) is 0 Å². The maximum atomic E-state index is 11.9. The van der Waals surface area contributed by atoms with Gasteiger partial charge in [-0.25, -0.2) is 4.79 Å². The first-order valence-corrected chi connectivity index (χ1v) is 7.08. The number of carbonyl (C=O) groups is 1. The van der Waals surface area contributed by atoms with E-state index in [2.05, 4.69) is 10.6 Å². The van der Waals surface area contributed by atoms with Crippen LogP contribution in [0.25, 0.3) is 0 Å². The summed E-state index contributed by atoms with van der Waals surface area (Å²) >= 11 is 0. The number of anilines is 1. The van der Waals surface area contributed by atoms with Crippen molar-refractivity contribution in [2.45, 2.75) is 44.2 Å². The van der Waals surface area contributed by atoms with Gasteiger partial charge in [-0.3, -0.25) is 0 Å². The number of nitrogens with one attached hydrogen (secondary N) is 2. The molecule has 3 N–H and O–H groups in total. The van der Waals surface area contributed by atoms with Gasteiger partial charge in [-0.15, -0.1) is 0 Å². The number of aliphatic hydroxyl groups excluding tert-OH is 1. The van der Waals surface area contributed by atoms with Crippen LogP contribution in [0.5, 0.6) is 5.75 Å². The highest BCUT2D eigenvalue weighted by Gasteiger charge is 2.23. The van der Waals surface area contributed by atoms with Gasteiger partial charge in [0.25, 0.3) is 0 Å². The lowest BCUT2D eigenvalue weighted by Crippen LogP contribution is -2.44. The number of methoxy groups -OCH3 is 1. The summed E-state index contributed by atoms with van der Waals surface area (Å²) in [5.74, 6) is 0.746. The van der Waals surface area contributed by atoms with E-state index in [0.29, 0.717) is 5.69 Å². The fourth-order valence-corrected chi connectivity index (χ4v) is 2.47. The minimum absolute atomic E-state index is 0.157. The van der Waals surface area contributed by atoms with E-state index in [1.807, 2.05) is 0 Å². The van der Waals surface area contributed by atoms with Crippen LogP contribution in [0.1, 0.15) is 32.1 Å². The average molecular weight is 278 g/mol. The first kappa shape index (κ1) is 14.7. The third-order valence-electron chi connectivity index (χ3n) is 3.64. The molecule has 0 radical (unpaired) electrons. The molecule has 2 amide bonds. The molecular weight excluding hydrogens is 256 g/mol. The summed E-state index contributed by atoms with van der Waals surface area (Å²) in [5.41, 5.74) is 0.700. The van der Waals surface area contributed by atoms with Crippen molar-refractivity contribution in [2.24, 2.45) is 0 Å². The van der Waals surface area contributed by atoms with Crippen LogP contribution in [-0.4, -0.2) is 30.4 Å². The Hall–Kier alpha value is -1.75. The summed E-state index contributed by atoms with van der Waals surface area (Å²) in [6.07, 6.45) is 4.34. The van der Waals surface area contributed by atoms with Crippen LogP contribution in [0.4, 0.5) is 10.5 Å². The Morgan fingerprint density at radius 1 is 1.20 bits per heavy atom. The lowest BCUT2D eigenvalue weighted by atomic mass is 10.1. The van der Waals surface area contributed by atoms with Gasteiger partial charge in [0.15, 0.2) is 0 Å². The van der Waals surface area contributed by atoms with E-state index < -0.39 is 6.10 Å². The Morgan fingerprint density at radius 3 is 2.60 bits per heavy atom. The van der Waals surface area contributed by atoms with Crippen molar-refractivity contribution in [1.82, 2.24) is 5.32 Å². The molecule has 0 bridgehead atoms. The van der Waals surface area contributed by atoms with Crippen molar-refractivity contribution >= 4 is 11.7 Å². The van der Waals surface area contributed by atoms with E-state index >= 15 is 0 Å². The van der Waals surface area contributed by atoms with Gasteiger partial charge in [0.2, 0.25) is 0 Å². The van der Waals surface area contributed by atoms with Gasteiger partial charge in [-0.1, -0.05) is 19.3 Å². The van der Waals surface area contributed by atoms with Gasteiger partial charge in [0.05, 0.1) is 19.3 Å². The van der Waals surface area contributed by atoms with E-state index in [1.54, 1.807) is 31.4 Å². The van der Waals surface area contributed by atoms with Crippen LogP contribution in [0, 0.1) is 0 Å². The highest BCUT2D eigenvalue weighted by Crippen LogP contribution is 2.19. The summed E-state index contributed by atoms with van der Waals surface area (Å²) in [4.78, 5) is 11.9. The van der Waals surface area contributed by atoms with Crippen LogP contribution < -0.4 is 15.4 Å². The number of rotatable bonds is 3. The number of hydrogen-bond donors (Lipinski definition) is 3. The van der Waals surface area contributed by atoms with Gasteiger partial charge < -0.3 is 20.5 Å². The van der Waals surface area contributed by atoms with E-state index in [9.17, 15) is 9.90 Å². The van der Waals surface area contributed by atoms with E-state index in [1.165, 1.54) is 0 Å². The lowest BCUT2D eigenvalue weighted by molar-refractivity contribution is 0.124. The molecule has 2 atom stereocenters. The second-order valence-corrected chi connectivity index (χ2v) is 5.14. The lowest BCUT2D eigenvalue weighted by Gasteiger charge is -2.22. The van der Waals surface area contributed by atoms with E-state index in [-0.39, 0.29) is 12.1 Å². The zero-order chi connectivity index (χ0) is 14.4. The molecule has 1 aromatic rings. The number of amides is 2. The zero-order valence-electron chi connectivity index (χ0n) is 11.8. The molecule has 1 aromatic carbocycles. The highest BCUT2D eigenvalue weighted by atomic mass is 16.5. The standard InChI is InChI=1S/C15H22N2O3/c1-20-12-9-7-11(8-10-12)16-15(19)17-13-5-3-2-4-6-14(13)18/h7-10,13-14,18H,2-6H2,1H3,(H2,16,17,19). The smallest absolute Gasteiger partial charge is 0.319 e. The molecule has 0 spiro atoms. The maximum absolute atomic E-state index is 11.9. The third-order valence-corrected chi connectivity index (χ3v) is 3.64. The van der Waals surface area contributed by atoms with Crippen LogP contribution in [-0.2, 0) is 0 Å². The fourth-order valence-electron chi connectivity index (χ4n) is 2.47. The predicted octanol–water partition coefficient (Wildman–Crippen LogP) is 2.51. The summed E-state index contributed by atoms with van der Waals surface area (Å²) < 4.78 is 5.06. The highest BCUT2D eigenvalue weighted by molar-refractivity contribution is 5.89. The Labute approximate surface area is 119 Å². The Morgan fingerprint density at radius 2 is 1.90 bits per heavy atom. The summed E-state index contributed by atoms with van der Waals surface area (Å²) in [6, 6.07) is 6.70. The topological polar surface area (TPSA) is 70.6 Å². The van der Waals surface area contributed by atoms with Gasteiger partial charge in [-0.2, -0.15) is 0 Å². The number of hydrogen-bond acceptors (Lipinski definition) is 3. The van der Waals surface area contributed by atoms with Gasteiger partial charge in [-0.05, 0) is 37.1 Å². The third kappa shape index (κ3) is 4.13. The Bertz CT molecular complexity index is 433. The molecule has 1 aliphatic carbocycles. The van der Waals surface area contributed by atoms with Crippen molar-refractivity contribution in [3.63, 3.8) is 0 Å². The molecular formula is C15H22N2O3. The molecule has 110 valence electrons. The first-order valence-electron chi connectivity index (χ1n) is 7.08. The van der Waals surface area contributed by atoms with Crippen molar-refractivity contribution in [2.75, 3.05) is 12.4 Å².